The van der Waals surface area contributed by atoms with Gasteiger partial charge in [-0.3, -0.25) is 9.59 Å². The van der Waals surface area contributed by atoms with Gasteiger partial charge in [-0.1, -0.05) is 42.1 Å². The fourth-order valence-electron chi connectivity index (χ4n) is 3.22. The van der Waals surface area contributed by atoms with Crippen LogP contribution in [0.25, 0.3) is 0 Å². The number of aryl methyl sites for hydroxylation is 3. The molecule has 0 fully saturated rings. The molecule has 0 radical (unpaired) electrons. The summed E-state index contributed by atoms with van der Waals surface area (Å²) in [6.07, 6.45) is 2.57. The van der Waals surface area contributed by atoms with Crippen molar-refractivity contribution in [3.63, 3.8) is 0 Å². The summed E-state index contributed by atoms with van der Waals surface area (Å²) in [5.41, 5.74) is 2.62. The van der Waals surface area contributed by atoms with E-state index in [9.17, 15) is 9.59 Å². The number of carbonyl (C=O) groups excluding carboxylic acids is 2. The third-order valence-corrected chi connectivity index (χ3v) is 6.73. The summed E-state index contributed by atoms with van der Waals surface area (Å²) in [6, 6.07) is 18.7. The van der Waals surface area contributed by atoms with Gasteiger partial charge < -0.3 is 15.2 Å². The molecule has 4 rings (SSSR count). The highest BCUT2D eigenvalue weighted by atomic mass is 32.2. The van der Waals surface area contributed by atoms with Gasteiger partial charge in [0.25, 0.3) is 5.91 Å². The van der Waals surface area contributed by atoms with Crippen molar-refractivity contribution in [2.75, 3.05) is 16.4 Å². The van der Waals surface area contributed by atoms with Gasteiger partial charge in [-0.05, 0) is 54.6 Å². The van der Waals surface area contributed by atoms with Crippen LogP contribution in [-0.4, -0.2) is 32.3 Å². The summed E-state index contributed by atoms with van der Waals surface area (Å²) < 4.78 is 1.95. The highest BCUT2D eigenvalue weighted by Gasteiger charge is 2.15. The summed E-state index contributed by atoms with van der Waals surface area (Å²) in [5, 5.41) is 16.6. The summed E-state index contributed by atoms with van der Waals surface area (Å²) in [6.45, 7) is 2.71. The summed E-state index contributed by atoms with van der Waals surface area (Å²) in [4.78, 5) is 26.7. The normalized spacial score (nSPS) is 10.7. The van der Waals surface area contributed by atoms with E-state index in [-0.39, 0.29) is 17.6 Å². The highest BCUT2D eigenvalue weighted by Crippen LogP contribution is 2.20. The zero-order chi connectivity index (χ0) is 23.0. The van der Waals surface area contributed by atoms with Crippen LogP contribution in [0.2, 0.25) is 0 Å². The number of carbonyl (C=O) groups is 2. The average Bonchev–Trinajstić information content (AvgIpc) is 3.48. The van der Waals surface area contributed by atoms with Gasteiger partial charge in [-0.15, -0.1) is 21.5 Å². The number of aromatic nitrogens is 3. The molecule has 0 atom stereocenters. The van der Waals surface area contributed by atoms with Crippen molar-refractivity contribution in [3.05, 3.63) is 88.4 Å². The fourth-order valence-corrected chi connectivity index (χ4v) is 4.66. The van der Waals surface area contributed by atoms with Crippen LogP contribution in [-0.2, 0) is 17.8 Å². The zero-order valence-electron chi connectivity index (χ0n) is 18.0. The SMILES string of the molecule is Cc1cccc(NC(=O)c2ccccc2NC(=O)CSc2nncn2CCc2cccs2)c1. The summed E-state index contributed by atoms with van der Waals surface area (Å²) in [5.74, 6) is -0.341. The molecule has 0 unspecified atom stereocenters. The Balaban J connectivity index is 1.35. The topological polar surface area (TPSA) is 88.9 Å². The van der Waals surface area contributed by atoms with Gasteiger partial charge in [0.2, 0.25) is 5.91 Å². The molecule has 0 saturated heterocycles. The van der Waals surface area contributed by atoms with Gasteiger partial charge in [-0.25, -0.2) is 0 Å². The van der Waals surface area contributed by atoms with Crippen LogP contribution in [0.15, 0.2) is 77.5 Å². The number of thioether (sulfide) groups is 1. The van der Waals surface area contributed by atoms with Gasteiger partial charge in [0, 0.05) is 17.1 Å². The number of nitrogens with zero attached hydrogens (tertiary/aromatic N) is 3. The second-order valence-corrected chi connectivity index (χ2v) is 9.32. The lowest BCUT2D eigenvalue weighted by Crippen LogP contribution is -2.19. The number of para-hydroxylation sites is 1. The van der Waals surface area contributed by atoms with Crippen molar-refractivity contribution >= 4 is 46.3 Å². The molecule has 2 N–H and O–H groups in total. The third-order valence-electron chi connectivity index (χ3n) is 4.81. The van der Waals surface area contributed by atoms with E-state index in [1.807, 2.05) is 41.8 Å². The summed E-state index contributed by atoms with van der Waals surface area (Å²) >= 11 is 3.03. The third kappa shape index (κ3) is 6.30. The van der Waals surface area contributed by atoms with E-state index >= 15 is 0 Å². The van der Waals surface area contributed by atoms with Crippen molar-refractivity contribution < 1.29 is 9.59 Å². The summed E-state index contributed by atoms with van der Waals surface area (Å²) in [7, 11) is 0. The number of thiophene rings is 1. The molecule has 0 bridgehead atoms. The van der Waals surface area contributed by atoms with Crippen LogP contribution < -0.4 is 10.6 Å². The molecular formula is C24H23N5O2S2. The standard InChI is InChI=1S/C24H23N5O2S2/c1-17-6-4-7-18(14-17)26-23(31)20-9-2-3-10-21(20)27-22(30)15-33-24-28-25-16-29(24)12-11-19-8-5-13-32-19/h2-10,13-14,16H,11-12,15H2,1H3,(H,26,31)(H,27,30). The van der Waals surface area contributed by atoms with Gasteiger partial charge in [0.1, 0.15) is 6.33 Å². The smallest absolute Gasteiger partial charge is 0.257 e. The Labute approximate surface area is 200 Å². The van der Waals surface area contributed by atoms with Crippen molar-refractivity contribution in [3.8, 4) is 0 Å². The lowest BCUT2D eigenvalue weighted by Gasteiger charge is -2.12. The zero-order valence-corrected chi connectivity index (χ0v) is 19.7. The van der Waals surface area contributed by atoms with Gasteiger partial charge in [0.15, 0.2) is 5.16 Å². The lowest BCUT2D eigenvalue weighted by atomic mass is 10.1. The molecule has 168 valence electrons. The van der Waals surface area contributed by atoms with E-state index in [2.05, 4.69) is 32.3 Å². The molecule has 0 aliphatic carbocycles. The Hall–Kier alpha value is -3.43. The van der Waals surface area contributed by atoms with E-state index in [1.165, 1.54) is 16.6 Å². The Bertz CT molecular complexity index is 1240. The number of benzene rings is 2. The molecule has 4 aromatic rings. The minimum atomic E-state index is -0.280. The van der Waals surface area contributed by atoms with E-state index in [0.29, 0.717) is 22.1 Å². The second kappa shape index (κ2) is 10.9. The maximum Gasteiger partial charge on any atom is 0.257 e. The van der Waals surface area contributed by atoms with Gasteiger partial charge in [0.05, 0.1) is 17.0 Å². The first kappa shape index (κ1) is 22.8. The van der Waals surface area contributed by atoms with Crippen LogP contribution in [0.4, 0.5) is 11.4 Å². The fraction of sp³-hybridized carbons (Fsp3) is 0.167. The van der Waals surface area contributed by atoms with E-state index in [1.54, 1.807) is 41.9 Å². The van der Waals surface area contributed by atoms with Crippen LogP contribution in [0.5, 0.6) is 0 Å². The lowest BCUT2D eigenvalue weighted by molar-refractivity contribution is -0.113. The number of hydrogen-bond donors (Lipinski definition) is 2. The first-order valence-corrected chi connectivity index (χ1v) is 12.2. The van der Waals surface area contributed by atoms with Crippen molar-refractivity contribution in [1.82, 2.24) is 14.8 Å². The largest absolute Gasteiger partial charge is 0.325 e. The minimum Gasteiger partial charge on any atom is -0.325 e. The number of rotatable bonds is 9. The molecular weight excluding hydrogens is 454 g/mol. The van der Waals surface area contributed by atoms with Gasteiger partial charge in [-0.2, -0.15) is 0 Å². The van der Waals surface area contributed by atoms with Crippen LogP contribution in [0, 0.1) is 6.92 Å². The van der Waals surface area contributed by atoms with Crippen molar-refractivity contribution in [1.29, 1.82) is 0 Å². The Morgan fingerprint density at radius 2 is 1.94 bits per heavy atom. The molecule has 9 heteroatoms. The van der Waals surface area contributed by atoms with E-state index in [4.69, 9.17) is 0 Å². The Kier molecular flexibility index (Phi) is 7.54. The monoisotopic (exact) mass is 477 g/mol. The van der Waals surface area contributed by atoms with Crippen LogP contribution >= 0.6 is 23.1 Å². The number of hydrogen-bond acceptors (Lipinski definition) is 6. The average molecular weight is 478 g/mol. The molecule has 0 aliphatic heterocycles. The molecule has 33 heavy (non-hydrogen) atoms. The Morgan fingerprint density at radius 1 is 1.06 bits per heavy atom. The number of nitrogens with one attached hydrogen (secondary N) is 2. The maximum absolute atomic E-state index is 12.8. The quantitative estimate of drug-likeness (QED) is 0.336. The molecule has 0 saturated carbocycles. The van der Waals surface area contributed by atoms with Crippen LogP contribution in [0.3, 0.4) is 0 Å². The van der Waals surface area contributed by atoms with Crippen molar-refractivity contribution in [2.45, 2.75) is 25.0 Å². The molecule has 2 aromatic carbocycles. The predicted molar refractivity (Wildman–Crippen MR) is 133 cm³/mol. The number of anilines is 2. The molecule has 0 aliphatic rings. The van der Waals surface area contributed by atoms with E-state index in [0.717, 1.165) is 18.5 Å². The van der Waals surface area contributed by atoms with Crippen LogP contribution in [0.1, 0.15) is 20.8 Å². The maximum atomic E-state index is 12.8. The molecule has 0 spiro atoms. The predicted octanol–water partition coefficient (Wildman–Crippen LogP) is 4.87. The molecule has 2 aromatic heterocycles. The van der Waals surface area contributed by atoms with E-state index < -0.39 is 0 Å². The molecule has 2 heterocycles. The molecule has 7 nitrogen and oxygen atoms in total. The first-order valence-electron chi connectivity index (χ1n) is 10.4. The molecule has 2 amide bonds. The Morgan fingerprint density at radius 3 is 2.76 bits per heavy atom. The first-order chi connectivity index (χ1) is 16.1. The van der Waals surface area contributed by atoms with Gasteiger partial charge >= 0.3 is 0 Å². The van der Waals surface area contributed by atoms with Crippen molar-refractivity contribution in [2.24, 2.45) is 0 Å². The second-order valence-electron chi connectivity index (χ2n) is 7.34. The minimum absolute atomic E-state index is 0.158. The highest BCUT2D eigenvalue weighted by molar-refractivity contribution is 7.99. The number of amides is 2.